The van der Waals surface area contributed by atoms with Crippen molar-refractivity contribution < 1.29 is 19.4 Å². The molecule has 0 aromatic carbocycles. The van der Waals surface area contributed by atoms with E-state index in [2.05, 4.69) is 0 Å². The normalized spacial score (nSPS) is 33.5. The van der Waals surface area contributed by atoms with Gasteiger partial charge in [0, 0.05) is 6.42 Å². The highest BCUT2D eigenvalue weighted by Gasteiger charge is 2.49. The van der Waals surface area contributed by atoms with Crippen LogP contribution in [-0.4, -0.2) is 29.1 Å². The molecule has 0 amide bonds. The van der Waals surface area contributed by atoms with Crippen LogP contribution in [0.15, 0.2) is 0 Å². The molecule has 1 aliphatic rings. The maximum atomic E-state index is 11.3. The molecule has 0 heterocycles. The molecule has 2 atom stereocenters. The lowest BCUT2D eigenvalue weighted by Gasteiger charge is -2.21. The molecule has 13 heavy (non-hydrogen) atoms. The second-order valence-corrected chi connectivity index (χ2v) is 3.41. The standard InChI is InChI=1S/C9H14O4/c1-3-13-8(11)6-4-5-7(10)9(6,2)12/h6,12H,3-5H2,1-2H3/t6-,9+/m0/s1. The Bertz CT molecular complexity index is 232. The summed E-state index contributed by atoms with van der Waals surface area (Å²) >= 11 is 0. The van der Waals surface area contributed by atoms with Crippen LogP contribution in [0.3, 0.4) is 0 Å². The Morgan fingerprint density at radius 3 is 2.77 bits per heavy atom. The van der Waals surface area contributed by atoms with Crippen LogP contribution in [0, 0.1) is 5.92 Å². The van der Waals surface area contributed by atoms with E-state index in [4.69, 9.17) is 4.74 Å². The maximum Gasteiger partial charge on any atom is 0.312 e. The van der Waals surface area contributed by atoms with E-state index >= 15 is 0 Å². The van der Waals surface area contributed by atoms with Crippen LogP contribution < -0.4 is 0 Å². The summed E-state index contributed by atoms with van der Waals surface area (Å²) in [6, 6.07) is 0. The highest BCUT2D eigenvalue weighted by atomic mass is 16.5. The molecular weight excluding hydrogens is 172 g/mol. The molecule has 1 fully saturated rings. The van der Waals surface area contributed by atoms with E-state index in [-0.39, 0.29) is 18.8 Å². The number of ketones is 1. The molecule has 4 heteroatoms. The van der Waals surface area contributed by atoms with Crippen molar-refractivity contribution in [1.82, 2.24) is 0 Å². The fourth-order valence-electron chi connectivity index (χ4n) is 1.59. The van der Waals surface area contributed by atoms with Crippen molar-refractivity contribution in [2.45, 2.75) is 32.3 Å². The molecule has 0 saturated heterocycles. The van der Waals surface area contributed by atoms with Crippen molar-refractivity contribution in [1.29, 1.82) is 0 Å². The minimum absolute atomic E-state index is 0.260. The minimum atomic E-state index is -1.52. The van der Waals surface area contributed by atoms with Gasteiger partial charge < -0.3 is 9.84 Å². The Kier molecular flexibility index (Phi) is 2.71. The largest absolute Gasteiger partial charge is 0.466 e. The monoisotopic (exact) mass is 186 g/mol. The third-order valence-electron chi connectivity index (χ3n) is 2.47. The van der Waals surface area contributed by atoms with E-state index in [0.29, 0.717) is 6.42 Å². The second kappa shape index (κ2) is 3.46. The zero-order valence-electron chi connectivity index (χ0n) is 7.87. The van der Waals surface area contributed by atoms with Gasteiger partial charge in [0.2, 0.25) is 0 Å². The maximum absolute atomic E-state index is 11.3. The van der Waals surface area contributed by atoms with Gasteiger partial charge in [-0.25, -0.2) is 0 Å². The first-order chi connectivity index (χ1) is 6.00. The van der Waals surface area contributed by atoms with Crippen LogP contribution in [0.25, 0.3) is 0 Å². The molecular formula is C9H14O4. The minimum Gasteiger partial charge on any atom is -0.466 e. The Hall–Kier alpha value is -0.900. The molecule has 74 valence electrons. The van der Waals surface area contributed by atoms with Gasteiger partial charge >= 0.3 is 5.97 Å². The van der Waals surface area contributed by atoms with E-state index in [0.717, 1.165) is 0 Å². The Morgan fingerprint density at radius 1 is 1.77 bits per heavy atom. The Labute approximate surface area is 76.9 Å². The van der Waals surface area contributed by atoms with Gasteiger partial charge in [0.05, 0.1) is 12.5 Å². The first-order valence-electron chi connectivity index (χ1n) is 4.42. The number of esters is 1. The molecule has 1 aliphatic carbocycles. The molecule has 1 saturated carbocycles. The number of carbonyl (C=O) groups is 2. The van der Waals surface area contributed by atoms with Crippen LogP contribution in [0.5, 0.6) is 0 Å². The van der Waals surface area contributed by atoms with E-state index in [1.54, 1.807) is 6.92 Å². The number of hydrogen-bond acceptors (Lipinski definition) is 4. The van der Waals surface area contributed by atoms with Crippen LogP contribution in [-0.2, 0) is 14.3 Å². The van der Waals surface area contributed by atoms with E-state index in [1.807, 2.05) is 0 Å². The topological polar surface area (TPSA) is 63.6 Å². The fraction of sp³-hybridized carbons (Fsp3) is 0.778. The van der Waals surface area contributed by atoms with Crippen LogP contribution in [0.2, 0.25) is 0 Å². The smallest absolute Gasteiger partial charge is 0.312 e. The third kappa shape index (κ3) is 1.72. The first kappa shape index (κ1) is 10.2. The van der Waals surface area contributed by atoms with Crippen LogP contribution >= 0.6 is 0 Å². The van der Waals surface area contributed by atoms with Crippen molar-refractivity contribution in [2.75, 3.05) is 6.61 Å². The van der Waals surface area contributed by atoms with Crippen molar-refractivity contribution in [2.24, 2.45) is 5.92 Å². The number of rotatable bonds is 2. The lowest BCUT2D eigenvalue weighted by Crippen LogP contribution is -2.41. The molecule has 1 rings (SSSR count). The van der Waals surface area contributed by atoms with E-state index < -0.39 is 17.5 Å². The van der Waals surface area contributed by atoms with Gasteiger partial charge in [-0.05, 0) is 20.3 Å². The zero-order chi connectivity index (χ0) is 10.1. The third-order valence-corrected chi connectivity index (χ3v) is 2.47. The molecule has 0 unspecified atom stereocenters. The molecule has 1 N–H and O–H groups in total. The number of Topliss-reactive ketones (excluding diaryl/α,β-unsaturated/α-hetero) is 1. The van der Waals surface area contributed by atoms with Crippen molar-refractivity contribution in [3.8, 4) is 0 Å². The van der Waals surface area contributed by atoms with Gasteiger partial charge in [-0.2, -0.15) is 0 Å². The zero-order valence-corrected chi connectivity index (χ0v) is 7.87. The average Bonchev–Trinajstić information content (AvgIpc) is 2.28. The van der Waals surface area contributed by atoms with Crippen molar-refractivity contribution >= 4 is 11.8 Å². The molecule has 0 spiro atoms. The van der Waals surface area contributed by atoms with Gasteiger partial charge in [-0.15, -0.1) is 0 Å². The van der Waals surface area contributed by atoms with Gasteiger partial charge in [-0.1, -0.05) is 0 Å². The number of hydrogen-bond donors (Lipinski definition) is 1. The second-order valence-electron chi connectivity index (χ2n) is 3.41. The van der Waals surface area contributed by atoms with Gasteiger partial charge in [0.1, 0.15) is 5.60 Å². The number of ether oxygens (including phenoxy) is 1. The highest BCUT2D eigenvalue weighted by molar-refractivity contribution is 5.95. The number of carbonyl (C=O) groups excluding carboxylic acids is 2. The summed E-state index contributed by atoms with van der Waals surface area (Å²) in [6.45, 7) is 3.35. The molecule has 0 radical (unpaired) electrons. The summed E-state index contributed by atoms with van der Waals surface area (Å²) in [7, 11) is 0. The van der Waals surface area contributed by atoms with E-state index in [1.165, 1.54) is 6.92 Å². The summed E-state index contributed by atoms with van der Waals surface area (Å²) in [4.78, 5) is 22.4. The molecule has 4 nitrogen and oxygen atoms in total. The summed E-state index contributed by atoms with van der Waals surface area (Å²) < 4.78 is 4.76. The highest BCUT2D eigenvalue weighted by Crippen LogP contribution is 2.33. The Morgan fingerprint density at radius 2 is 2.38 bits per heavy atom. The lowest BCUT2D eigenvalue weighted by molar-refractivity contribution is -0.158. The summed E-state index contributed by atoms with van der Waals surface area (Å²) in [6.07, 6.45) is 0.654. The lowest BCUT2D eigenvalue weighted by atomic mass is 9.92. The predicted molar refractivity (Wildman–Crippen MR) is 45.0 cm³/mol. The molecule has 0 aliphatic heterocycles. The first-order valence-corrected chi connectivity index (χ1v) is 4.42. The summed E-state index contributed by atoms with van der Waals surface area (Å²) in [5, 5.41) is 9.67. The Balaban J connectivity index is 2.72. The summed E-state index contributed by atoms with van der Waals surface area (Å²) in [5.74, 6) is -1.43. The quantitative estimate of drug-likeness (QED) is 0.629. The molecule has 0 aromatic rings. The van der Waals surface area contributed by atoms with Crippen molar-refractivity contribution in [3.05, 3.63) is 0 Å². The van der Waals surface area contributed by atoms with Crippen LogP contribution in [0.4, 0.5) is 0 Å². The average molecular weight is 186 g/mol. The molecule has 0 aromatic heterocycles. The summed E-state index contributed by atoms with van der Waals surface area (Å²) in [5.41, 5.74) is -1.52. The van der Waals surface area contributed by atoms with Gasteiger partial charge in [-0.3, -0.25) is 9.59 Å². The molecule has 0 bridgehead atoms. The van der Waals surface area contributed by atoms with Gasteiger partial charge in [0.25, 0.3) is 0 Å². The van der Waals surface area contributed by atoms with Crippen molar-refractivity contribution in [3.63, 3.8) is 0 Å². The van der Waals surface area contributed by atoms with Crippen LogP contribution in [0.1, 0.15) is 26.7 Å². The van der Waals surface area contributed by atoms with E-state index in [9.17, 15) is 14.7 Å². The predicted octanol–water partition coefficient (Wildman–Crippen LogP) is 0.280. The SMILES string of the molecule is CCOC(=O)[C@@H]1CCC(=O)[C@]1(C)O. The van der Waals surface area contributed by atoms with Gasteiger partial charge in [0.15, 0.2) is 5.78 Å². The number of aliphatic hydroxyl groups is 1. The fourth-order valence-corrected chi connectivity index (χ4v) is 1.59.